The molecule has 178 valence electrons. The highest BCUT2D eigenvalue weighted by Gasteiger charge is 2.36. The van der Waals surface area contributed by atoms with Crippen molar-refractivity contribution in [2.45, 2.75) is 44.6 Å². The summed E-state index contributed by atoms with van der Waals surface area (Å²) in [4.78, 5) is 17.0. The zero-order valence-electron chi connectivity index (χ0n) is 18.1. The van der Waals surface area contributed by atoms with E-state index in [0.717, 1.165) is 11.6 Å². The molecule has 0 radical (unpaired) electrons. The van der Waals surface area contributed by atoms with Gasteiger partial charge < -0.3 is 19.5 Å². The van der Waals surface area contributed by atoms with Gasteiger partial charge in [0, 0.05) is 30.3 Å². The molecule has 1 saturated carbocycles. The lowest BCUT2D eigenvalue weighted by Gasteiger charge is -2.26. The molecular formula is C25H23F3N2O4. The van der Waals surface area contributed by atoms with Gasteiger partial charge in [-0.15, -0.1) is 0 Å². The zero-order chi connectivity index (χ0) is 24.1. The minimum Gasteiger partial charge on any atom is -0.478 e. The smallest absolute Gasteiger partial charge is 0.387 e. The molecule has 3 heterocycles. The van der Waals surface area contributed by atoms with E-state index in [1.165, 1.54) is 55.7 Å². The van der Waals surface area contributed by atoms with Crippen molar-refractivity contribution in [2.24, 2.45) is 0 Å². The number of nitrogens with zero attached hydrogens (tertiary/aromatic N) is 2. The molecule has 1 aliphatic carbocycles. The van der Waals surface area contributed by atoms with E-state index in [1.807, 2.05) is 6.07 Å². The summed E-state index contributed by atoms with van der Waals surface area (Å²) in [6, 6.07) is 12.8. The summed E-state index contributed by atoms with van der Waals surface area (Å²) >= 11 is 0. The second kappa shape index (κ2) is 10.6. The van der Waals surface area contributed by atoms with E-state index in [-0.39, 0.29) is 17.9 Å². The number of ether oxygens (including phenoxy) is 2. The number of rotatable bonds is 7. The molecule has 2 aromatic carbocycles. The van der Waals surface area contributed by atoms with Crippen LogP contribution in [0.2, 0.25) is 0 Å². The standard InChI is InChI=1S/C20H15F3N2O3.C5H8O/c21-15-8-14(19(26)27)9-17(10-15)25(12-13-2-1-7-24-11-13)16-3-5-18(6-4-16)28-20(22)23;1-2-5-3-4(1)6-5/h1-11,20H,12H2,(H,26,27);4-5H,1-3H2. The molecule has 34 heavy (non-hydrogen) atoms. The van der Waals surface area contributed by atoms with Crippen LogP contribution in [0.25, 0.3) is 0 Å². The maximum absolute atomic E-state index is 14.0. The molecular weight excluding hydrogens is 449 g/mol. The number of carbonyl (C=O) groups is 1. The predicted molar refractivity (Wildman–Crippen MR) is 119 cm³/mol. The van der Waals surface area contributed by atoms with Gasteiger partial charge >= 0.3 is 12.6 Å². The SMILES string of the molecule is C1CC2CC1O2.O=C(O)c1cc(F)cc(N(Cc2cccnc2)c2ccc(OC(F)F)cc2)c1. The largest absolute Gasteiger partial charge is 0.478 e. The van der Waals surface area contributed by atoms with Crippen LogP contribution in [0.1, 0.15) is 35.2 Å². The van der Waals surface area contributed by atoms with Gasteiger partial charge in [0.1, 0.15) is 11.6 Å². The third kappa shape index (κ3) is 6.05. The minimum atomic E-state index is -2.95. The Bertz CT molecular complexity index is 1090. The second-order valence-corrected chi connectivity index (χ2v) is 8.02. The number of aromatic nitrogens is 1. The van der Waals surface area contributed by atoms with E-state index >= 15 is 0 Å². The van der Waals surface area contributed by atoms with Gasteiger partial charge in [-0.05, 0) is 73.4 Å². The van der Waals surface area contributed by atoms with Gasteiger partial charge in [-0.1, -0.05) is 6.07 Å². The molecule has 2 aliphatic heterocycles. The molecule has 2 bridgehead atoms. The first-order valence-corrected chi connectivity index (χ1v) is 10.8. The van der Waals surface area contributed by atoms with Crippen molar-refractivity contribution in [3.05, 3.63) is 83.9 Å². The summed E-state index contributed by atoms with van der Waals surface area (Å²) in [6.45, 7) is -2.69. The van der Waals surface area contributed by atoms with Crippen LogP contribution in [0.4, 0.5) is 24.5 Å². The van der Waals surface area contributed by atoms with E-state index in [9.17, 15) is 23.1 Å². The molecule has 2 unspecified atom stereocenters. The predicted octanol–water partition coefficient (Wildman–Crippen LogP) is 5.80. The Kier molecular flexibility index (Phi) is 7.32. The molecule has 1 aromatic heterocycles. The quantitative estimate of drug-likeness (QED) is 0.469. The molecule has 6 rings (SSSR count). The molecule has 3 aromatic rings. The first-order valence-electron chi connectivity index (χ1n) is 10.8. The number of carboxylic acid groups (broad SMARTS) is 1. The van der Waals surface area contributed by atoms with Crippen LogP contribution in [-0.4, -0.2) is 34.9 Å². The van der Waals surface area contributed by atoms with Gasteiger partial charge in [0.2, 0.25) is 0 Å². The van der Waals surface area contributed by atoms with E-state index in [0.29, 0.717) is 23.6 Å². The van der Waals surface area contributed by atoms with Crippen molar-refractivity contribution in [3.63, 3.8) is 0 Å². The van der Waals surface area contributed by atoms with Crippen LogP contribution in [0.5, 0.6) is 5.75 Å². The fraction of sp³-hybridized carbons (Fsp3) is 0.280. The summed E-state index contributed by atoms with van der Waals surface area (Å²) in [6.07, 6.45) is 8.65. The van der Waals surface area contributed by atoms with Crippen molar-refractivity contribution < 1.29 is 32.5 Å². The number of hydrogen-bond acceptors (Lipinski definition) is 5. The highest BCUT2D eigenvalue weighted by atomic mass is 19.3. The maximum Gasteiger partial charge on any atom is 0.387 e. The average Bonchev–Trinajstić information content (AvgIpc) is 3.45. The number of aromatic carboxylic acids is 1. The zero-order valence-corrected chi connectivity index (χ0v) is 18.1. The number of hydrogen-bond donors (Lipinski definition) is 1. The molecule has 1 N–H and O–H groups in total. The Labute approximate surface area is 194 Å². The van der Waals surface area contributed by atoms with E-state index < -0.39 is 18.4 Å². The average molecular weight is 472 g/mol. The number of benzene rings is 2. The van der Waals surface area contributed by atoms with Gasteiger partial charge in [0.15, 0.2) is 0 Å². The first-order chi connectivity index (χ1) is 16.4. The lowest BCUT2D eigenvalue weighted by molar-refractivity contribution is -0.0647. The van der Waals surface area contributed by atoms with Crippen LogP contribution in [-0.2, 0) is 11.3 Å². The van der Waals surface area contributed by atoms with Crippen LogP contribution >= 0.6 is 0 Å². The number of halogens is 3. The molecule has 3 aliphatic rings. The topological polar surface area (TPSA) is 71.9 Å². The Morgan fingerprint density at radius 2 is 1.82 bits per heavy atom. The van der Waals surface area contributed by atoms with Crippen molar-refractivity contribution in [1.82, 2.24) is 4.98 Å². The molecule has 2 atom stereocenters. The summed E-state index contributed by atoms with van der Waals surface area (Å²) < 4.78 is 48.3. The van der Waals surface area contributed by atoms with Crippen LogP contribution in [0.3, 0.4) is 0 Å². The lowest BCUT2D eigenvalue weighted by atomic mass is 10.1. The normalized spacial score (nSPS) is 18.0. The number of fused-ring (bicyclic) bond motifs is 1. The molecule has 0 spiro atoms. The van der Waals surface area contributed by atoms with Crippen LogP contribution in [0, 0.1) is 5.82 Å². The summed E-state index contributed by atoms with van der Waals surface area (Å²) in [5.41, 5.74) is 1.41. The number of pyridine rings is 1. The van der Waals surface area contributed by atoms with Crippen molar-refractivity contribution in [3.8, 4) is 5.75 Å². The van der Waals surface area contributed by atoms with Gasteiger partial charge in [0.25, 0.3) is 0 Å². The summed E-state index contributed by atoms with van der Waals surface area (Å²) in [5.74, 6) is -1.99. The van der Waals surface area contributed by atoms with Crippen LogP contribution < -0.4 is 9.64 Å². The first kappa shape index (κ1) is 23.6. The molecule has 0 amide bonds. The lowest BCUT2D eigenvalue weighted by Crippen LogP contribution is -2.25. The van der Waals surface area contributed by atoms with Crippen molar-refractivity contribution >= 4 is 17.3 Å². The highest BCUT2D eigenvalue weighted by molar-refractivity contribution is 5.89. The molecule has 9 heteroatoms. The monoisotopic (exact) mass is 472 g/mol. The summed E-state index contributed by atoms with van der Waals surface area (Å²) in [5, 5.41) is 9.21. The Balaban J connectivity index is 0.000000388. The highest BCUT2D eigenvalue weighted by Crippen LogP contribution is 2.36. The van der Waals surface area contributed by atoms with Gasteiger partial charge in [-0.3, -0.25) is 4.98 Å². The van der Waals surface area contributed by atoms with Crippen molar-refractivity contribution in [2.75, 3.05) is 4.90 Å². The third-order valence-corrected chi connectivity index (χ3v) is 5.60. The van der Waals surface area contributed by atoms with Gasteiger partial charge in [-0.2, -0.15) is 8.78 Å². The minimum absolute atomic E-state index is 0.0226. The number of alkyl halides is 2. The fourth-order valence-electron chi connectivity index (χ4n) is 3.96. The second-order valence-electron chi connectivity index (χ2n) is 8.02. The third-order valence-electron chi connectivity index (χ3n) is 5.60. The number of anilines is 2. The summed E-state index contributed by atoms with van der Waals surface area (Å²) in [7, 11) is 0. The Morgan fingerprint density at radius 1 is 1.12 bits per heavy atom. The van der Waals surface area contributed by atoms with Gasteiger partial charge in [0.05, 0.1) is 17.8 Å². The molecule has 6 nitrogen and oxygen atoms in total. The maximum atomic E-state index is 14.0. The molecule has 2 saturated heterocycles. The fourth-order valence-corrected chi connectivity index (χ4v) is 3.96. The van der Waals surface area contributed by atoms with E-state index in [1.54, 1.807) is 23.4 Å². The Morgan fingerprint density at radius 3 is 2.35 bits per heavy atom. The van der Waals surface area contributed by atoms with Crippen molar-refractivity contribution in [1.29, 1.82) is 0 Å². The molecule has 3 fully saturated rings. The van der Waals surface area contributed by atoms with Crippen LogP contribution in [0.15, 0.2) is 67.0 Å². The van der Waals surface area contributed by atoms with E-state index in [4.69, 9.17) is 4.74 Å². The van der Waals surface area contributed by atoms with E-state index in [2.05, 4.69) is 9.72 Å². The van der Waals surface area contributed by atoms with Gasteiger partial charge in [-0.25, -0.2) is 9.18 Å². The number of carboxylic acids is 1. The Hall–Kier alpha value is -3.59.